The van der Waals surface area contributed by atoms with Gasteiger partial charge < -0.3 is 10.1 Å². The molecule has 3 nitrogen and oxygen atoms in total. The average molecular weight is 183 g/mol. The highest BCUT2D eigenvalue weighted by molar-refractivity contribution is 5.80. The summed E-state index contributed by atoms with van der Waals surface area (Å²) in [4.78, 5) is 11.2. The fraction of sp³-hybridized carbons (Fsp3) is 0.900. The summed E-state index contributed by atoms with van der Waals surface area (Å²) in [5, 5.41) is 2.95. The van der Waals surface area contributed by atoms with E-state index in [9.17, 15) is 4.79 Å². The maximum Gasteiger partial charge on any atom is 0.223 e. The summed E-state index contributed by atoms with van der Waals surface area (Å²) in [6.07, 6.45) is 5.91. The van der Waals surface area contributed by atoms with Gasteiger partial charge in [0.2, 0.25) is 5.91 Å². The molecule has 2 rings (SSSR count). The Morgan fingerprint density at radius 3 is 2.85 bits per heavy atom. The lowest BCUT2D eigenvalue weighted by Crippen LogP contribution is -2.28. The molecular weight excluding hydrogens is 166 g/mol. The lowest BCUT2D eigenvalue weighted by atomic mass is 10.2. The van der Waals surface area contributed by atoms with E-state index in [1.165, 1.54) is 12.8 Å². The number of amides is 1. The van der Waals surface area contributed by atoms with Crippen LogP contribution in [0.15, 0.2) is 0 Å². The number of hydrogen-bond acceptors (Lipinski definition) is 2. The molecule has 0 spiro atoms. The van der Waals surface area contributed by atoms with Gasteiger partial charge in [-0.2, -0.15) is 0 Å². The highest BCUT2D eigenvalue weighted by Gasteiger charge is 2.29. The summed E-state index contributed by atoms with van der Waals surface area (Å²) in [5.41, 5.74) is 0. The zero-order chi connectivity index (χ0) is 9.10. The molecule has 1 aliphatic carbocycles. The van der Waals surface area contributed by atoms with Crippen LogP contribution >= 0.6 is 0 Å². The standard InChI is InChI=1S/C10H17NO2/c12-10(8-3-4-8)11-6-5-9-2-1-7-13-9/h8-9H,1-7H2,(H,11,12). The van der Waals surface area contributed by atoms with E-state index in [0.29, 0.717) is 12.0 Å². The zero-order valence-corrected chi connectivity index (χ0v) is 7.92. The van der Waals surface area contributed by atoms with E-state index >= 15 is 0 Å². The van der Waals surface area contributed by atoms with E-state index in [-0.39, 0.29) is 5.91 Å². The smallest absolute Gasteiger partial charge is 0.223 e. The Morgan fingerprint density at radius 2 is 2.23 bits per heavy atom. The molecule has 0 bridgehead atoms. The second kappa shape index (κ2) is 4.09. The van der Waals surface area contributed by atoms with Crippen molar-refractivity contribution in [3.8, 4) is 0 Å². The van der Waals surface area contributed by atoms with Gasteiger partial charge in [0.1, 0.15) is 0 Å². The van der Waals surface area contributed by atoms with Gasteiger partial charge >= 0.3 is 0 Å². The van der Waals surface area contributed by atoms with Crippen LogP contribution in [0, 0.1) is 5.92 Å². The number of nitrogens with one attached hydrogen (secondary N) is 1. The minimum atomic E-state index is 0.248. The van der Waals surface area contributed by atoms with Crippen molar-refractivity contribution in [3.63, 3.8) is 0 Å². The van der Waals surface area contributed by atoms with Gasteiger partial charge in [0.25, 0.3) is 0 Å². The fourth-order valence-electron chi connectivity index (χ4n) is 1.72. The first-order valence-corrected chi connectivity index (χ1v) is 5.25. The average Bonchev–Trinajstić information content (AvgIpc) is 2.86. The van der Waals surface area contributed by atoms with Gasteiger partial charge in [0, 0.05) is 19.1 Å². The molecule has 1 atom stereocenters. The number of carbonyl (C=O) groups excluding carboxylic acids is 1. The number of carbonyl (C=O) groups is 1. The van der Waals surface area contributed by atoms with Crippen molar-refractivity contribution in [2.75, 3.05) is 13.2 Å². The van der Waals surface area contributed by atoms with Gasteiger partial charge in [0.15, 0.2) is 0 Å². The van der Waals surface area contributed by atoms with E-state index in [1.54, 1.807) is 0 Å². The monoisotopic (exact) mass is 183 g/mol. The maximum atomic E-state index is 11.2. The third-order valence-corrected chi connectivity index (χ3v) is 2.74. The SMILES string of the molecule is O=C(NCCC1CCCO1)C1CC1. The summed E-state index contributed by atoms with van der Waals surface area (Å²) >= 11 is 0. The summed E-state index contributed by atoms with van der Waals surface area (Å²) < 4.78 is 5.46. The molecule has 0 aromatic heterocycles. The molecule has 1 heterocycles. The summed E-state index contributed by atoms with van der Waals surface area (Å²) in [6.45, 7) is 1.70. The van der Waals surface area contributed by atoms with Crippen molar-refractivity contribution in [3.05, 3.63) is 0 Å². The van der Waals surface area contributed by atoms with Crippen LogP contribution in [0.3, 0.4) is 0 Å². The number of rotatable bonds is 4. The Hall–Kier alpha value is -0.570. The van der Waals surface area contributed by atoms with Crippen LogP contribution in [0.1, 0.15) is 32.1 Å². The van der Waals surface area contributed by atoms with E-state index in [2.05, 4.69) is 5.32 Å². The quantitative estimate of drug-likeness (QED) is 0.708. The van der Waals surface area contributed by atoms with Gasteiger partial charge in [0.05, 0.1) is 6.10 Å². The molecule has 1 saturated heterocycles. The van der Waals surface area contributed by atoms with Crippen LogP contribution in [0.5, 0.6) is 0 Å². The second-order valence-corrected chi connectivity index (χ2v) is 3.99. The Morgan fingerprint density at radius 1 is 1.38 bits per heavy atom. The minimum Gasteiger partial charge on any atom is -0.378 e. The van der Waals surface area contributed by atoms with Crippen LogP contribution in [0.4, 0.5) is 0 Å². The second-order valence-electron chi connectivity index (χ2n) is 3.99. The maximum absolute atomic E-state index is 11.2. The third-order valence-electron chi connectivity index (χ3n) is 2.74. The van der Waals surface area contributed by atoms with E-state index in [0.717, 1.165) is 32.4 Å². The molecule has 2 aliphatic rings. The summed E-state index contributed by atoms with van der Waals surface area (Å²) in [6, 6.07) is 0. The van der Waals surface area contributed by atoms with Crippen molar-refractivity contribution in [1.82, 2.24) is 5.32 Å². The first kappa shape index (κ1) is 9.00. The van der Waals surface area contributed by atoms with Crippen molar-refractivity contribution >= 4 is 5.91 Å². The van der Waals surface area contributed by atoms with Gasteiger partial charge in [-0.05, 0) is 32.1 Å². The van der Waals surface area contributed by atoms with Crippen LogP contribution in [0.25, 0.3) is 0 Å². The van der Waals surface area contributed by atoms with Gasteiger partial charge in [-0.3, -0.25) is 4.79 Å². The minimum absolute atomic E-state index is 0.248. The first-order chi connectivity index (χ1) is 6.36. The molecule has 3 heteroatoms. The van der Waals surface area contributed by atoms with Gasteiger partial charge in [-0.25, -0.2) is 0 Å². The summed E-state index contributed by atoms with van der Waals surface area (Å²) in [5.74, 6) is 0.586. The van der Waals surface area contributed by atoms with E-state index < -0.39 is 0 Å². The molecule has 0 aromatic rings. The van der Waals surface area contributed by atoms with E-state index in [1.807, 2.05) is 0 Å². The lowest BCUT2D eigenvalue weighted by molar-refractivity contribution is -0.122. The molecule has 2 fully saturated rings. The van der Waals surface area contributed by atoms with Crippen molar-refractivity contribution < 1.29 is 9.53 Å². The number of ether oxygens (including phenoxy) is 1. The Balaban J connectivity index is 1.54. The molecule has 1 amide bonds. The van der Waals surface area contributed by atoms with Crippen LogP contribution in [0.2, 0.25) is 0 Å². The molecule has 0 aromatic carbocycles. The largest absolute Gasteiger partial charge is 0.378 e. The molecule has 74 valence electrons. The first-order valence-electron chi connectivity index (χ1n) is 5.25. The molecule has 1 unspecified atom stereocenters. The van der Waals surface area contributed by atoms with Crippen LogP contribution in [-0.4, -0.2) is 25.2 Å². The predicted octanol–water partition coefficient (Wildman–Crippen LogP) is 1.08. The number of hydrogen-bond donors (Lipinski definition) is 1. The van der Waals surface area contributed by atoms with Crippen LogP contribution < -0.4 is 5.32 Å². The lowest BCUT2D eigenvalue weighted by Gasteiger charge is -2.09. The Bertz CT molecular complexity index is 183. The molecule has 1 aliphatic heterocycles. The molecule has 1 saturated carbocycles. The zero-order valence-electron chi connectivity index (χ0n) is 7.92. The highest BCUT2D eigenvalue weighted by Crippen LogP contribution is 2.28. The molecule has 1 N–H and O–H groups in total. The molecule has 13 heavy (non-hydrogen) atoms. The van der Waals surface area contributed by atoms with Crippen LogP contribution in [-0.2, 0) is 9.53 Å². The van der Waals surface area contributed by atoms with Crippen molar-refractivity contribution in [2.45, 2.75) is 38.2 Å². The fourth-order valence-corrected chi connectivity index (χ4v) is 1.72. The highest BCUT2D eigenvalue weighted by atomic mass is 16.5. The van der Waals surface area contributed by atoms with Crippen molar-refractivity contribution in [1.29, 1.82) is 0 Å². The topological polar surface area (TPSA) is 38.3 Å². The molecular formula is C10H17NO2. The van der Waals surface area contributed by atoms with Gasteiger partial charge in [-0.1, -0.05) is 0 Å². The van der Waals surface area contributed by atoms with E-state index in [4.69, 9.17) is 4.74 Å². The predicted molar refractivity (Wildman–Crippen MR) is 49.3 cm³/mol. The van der Waals surface area contributed by atoms with Crippen molar-refractivity contribution in [2.24, 2.45) is 5.92 Å². The Kier molecular flexibility index (Phi) is 2.83. The van der Waals surface area contributed by atoms with Gasteiger partial charge in [-0.15, -0.1) is 0 Å². The summed E-state index contributed by atoms with van der Waals surface area (Å²) in [7, 11) is 0. The third kappa shape index (κ3) is 2.69. The molecule has 0 radical (unpaired) electrons. The Labute approximate surface area is 78.8 Å². The normalized spacial score (nSPS) is 27.5.